The zero-order chi connectivity index (χ0) is 66.8. The first-order chi connectivity index (χ1) is 40.9. The van der Waals surface area contributed by atoms with Gasteiger partial charge in [0.1, 0.15) is 41.8 Å². The van der Waals surface area contributed by atoms with Crippen molar-refractivity contribution in [1.82, 2.24) is 55.6 Å². The fraction of sp³-hybridized carbons (Fsp3) is 0.609. The molecule has 1 fully saturated rings. The molecule has 11 amide bonds. The van der Waals surface area contributed by atoms with Crippen LogP contribution in [0.25, 0.3) is 0 Å². The van der Waals surface area contributed by atoms with Gasteiger partial charge in [0.05, 0.1) is 19.6 Å². The molecule has 0 saturated carbocycles. The predicted octanol–water partition coefficient (Wildman–Crippen LogP) is 4.68. The molecule has 1 aliphatic rings. The maximum absolute atomic E-state index is 14.8. The van der Waals surface area contributed by atoms with Crippen molar-refractivity contribution < 1.29 is 52.7 Å². The number of hydrogen-bond donors (Lipinski definition) is 4. The van der Waals surface area contributed by atoms with E-state index in [4.69, 9.17) is 11.6 Å². The van der Waals surface area contributed by atoms with Crippen LogP contribution in [-0.2, 0) is 65.6 Å². The molecular weight excluding hydrogens is 1260 g/mol. The lowest BCUT2D eigenvalue weighted by Crippen LogP contribution is -2.63. The molecule has 8 atom stereocenters. The van der Waals surface area contributed by atoms with Crippen LogP contribution in [0.3, 0.4) is 0 Å². The summed E-state index contributed by atoms with van der Waals surface area (Å²) in [5.41, 5.74) is 0.475. The van der Waals surface area contributed by atoms with Crippen molar-refractivity contribution in [3.8, 4) is 0 Å². The van der Waals surface area contributed by atoms with Gasteiger partial charge in [0.25, 0.3) is 0 Å². The number of allylic oxidation sites excluding steroid dienone is 1. The van der Waals surface area contributed by atoms with Gasteiger partial charge in [-0.25, -0.2) is 0 Å². The van der Waals surface area contributed by atoms with Crippen molar-refractivity contribution >= 4 is 99.2 Å². The van der Waals surface area contributed by atoms with Crippen molar-refractivity contribution in [1.29, 1.82) is 0 Å². The molecule has 24 heteroatoms. The van der Waals surface area contributed by atoms with Gasteiger partial charge < -0.3 is 55.6 Å². The number of nitrogens with one attached hydrogen (secondary N) is 4. The van der Waals surface area contributed by atoms with E-state index in [9.17, 15) is 52.7 Å². The minimum Gasteiger partial charge on any atom is -0.342 e. The Morgan fingerprint density at radius 3 is 1.76 bits per heavy atom. The average molecular weight is 1360 g/mol. The van der Waals surface area contributed by atoms with Crippen LogP contribution in [0.2, 0.25) is 5.02 Å². The van der Waals surface area contributed by atoms with E-state index < -0.39 is 138 Å². The number of hydrogen-bond acceptors (Lipinski definition) is 11. The molecule has 0 aromatic heterocycles. The van der Waals surface area contributed by atoms with E-state index in [0.717, 1.165) is 23.8 Å². The zero-order valence-corrected chi connectivity index (χ0v) is 57.8. The van der Waals surface area contributed by atoms with Crippen LogP contribution in [-0.4, -0.2) is 216 Å². The molecule has 0 radical (unpaired) electrons. The van der Waals surface area contributed by atoms with Crippen molar-refractivity contribution in [2.45, 2.75) is 169 Å². The summed E-state index contributed by atoms with van der Waals surface area (Å²) in [6.45, 7) is 17.9. The Hall–Kier alpha value is -6.63. The number of likely N-dealkylation sites (N-methyl/N-ethyl adjacent to an activating group) is 7. The Morgan fingerprint density at radius 2 is 1.19 bits per heavy atom. The van der Waals surface area contributed by atoms with Gasteiger partial charge in [-0.1, -0.05) is 95.5 Å². The normalized spacial score (nSPS) is 23.7. The second-order valence-electron chi connectivity index (χ2n) is 25.2. The third-order valence-electron chi connectivity index (χ3n) is 16.3. The van der Waals surface area contributed by atoms with Crippen LogP contribution in [0.5, 0.6) is 0 Å². The fourth-order valence-electron chi connectivity index (χ4n) is 9.87. The van der Waals surface area contributed by atoms with Crippen molar-refractivity contribution in [2.24, 2.45) is 17.8 Å². The largest absolute Gasteiger partial charge is 0.342 e. The van der Waals surface area contributed by atoms with E-state index in [-0.39, 0.29) is 50.4 Å². The summed E-state index contributed by atoms with van der Waals surface area (Å²) in [6.07, 6.45) is 2.30. The van der Waals surface area contributed by atoms with Gasteiger partial charge in [0, 0.05) is 83.2 Å². The monoisotopic (exact) mass is 1360 g/mol. The summed E-state index contributed by atoms with van der Waals surface area (Å²) in [5.74, 6) is -7.60. The molecule has 0 spiro atoms. The van der Waals surface area contributed by atoms with Gasteiger partial charge in [0.2, 0.25) is 65.0 Å². The summed E-state index contributed by atoms with van der Waals surface area (Å²) >= 11 is 8.35. The maximum atomic E-state index is 14.8. The highest BCUT2D eigenvalue weighted by atomic mass is 127. The fourth-order valence-corrected chi connectivity index (χ4v) is 10.6. The smallest absolute Gasteiger partial charge is 0.246 e. The number of benzene rings is 2. The van der Waals surface area contributed by atoms with Gasteiger partial charge in [0.15, 0.2) is 0 Å². The second-order valence-corrected chi connectivity index (χ2v) is 26.8. The van der Waals surface area contributed by atoms with Gasteiger partial charge in [-0.3, -0.25) is 52.7 Å². The molecule has 0 unspecified atom stereocenters. The molecule has 22 nitrogen and oxygen atoms in total. The highest BCUT2D eigenvalue weighted by molar-refractivity contribution is 14.1. The lowest BCUT2D eigenvalue weighted by Gasteiger charge is -2.38. The Labute approximate surface area is 540 Å². The lowest BCUT2D eigenvalue weighted by atomic mass is 9.95. The molecule has 4 N–H and O–H groups in total. The second kappa shape index (κ2) is 34.4. The van der Waals surface area contributed by atoms with Gasteiger partial charge in [-0.05, 0) is 130 Å². The standard InChI is InChI=1S/C64H97ClIN11O11/c1-19-41(8)56-62(87)73(14)36-54(80)71(12)37-55(81)76(17)51(34-43-24-26-45(65)27-25-43)61(86)72(13)35-52(78)67-48(33-44-21-20-22-46(66)32-44)57(82)68-47(28-23-38(2)3)60(85)77(18)64(10,11)63(88)69-49(29-39(4)5)59(84)74(15)42(9)31-53(79)75(16)50(30-40(6)7)58(83)70-56/h20-27,32,39-42,47-51,56H,19,28-31,33-37H2,1-18H3,(H,67,78)(H,68,82)(H,69,88)(H,70,83)/t41-,42+,47-,48-,49-,50-,51-,56-/m0/s1. The van der Waals surface area contributed by atoms with Gasteiger partial charge in [-0.15, -0.1) is 0 Å². The van der Waals surface area contributed by atoms with Crippen LogP contribution in [0, 0.1) is 21.3 Å². The Morgan fingerprint density at radius 1 is 0.614 bits per heavy atom. The minimum absolute atomic E-state index is 0.00939. The Bertz CT molecular complexity index is 2850. The maximum Gasteiger partial charge on any atom is 0.246 e. The Kier molecular flexibility index (Phi) is 29.5. The van der Waals surface area contributed by atoms with Crippen molar-refractivity contribution in [3.05, 3.63) is 79.9 Å². The van der Waals surface area contributed by atoms with E-state index >= 15 is 0 Å². The van der Waals surface area contributed by atoms with E-state index in [0.29, 0.717) is 22.6 Å². The topological polar surface area (TPSA) is 259 Å². The molecule has 2 aromatic carbocycles. The first-order valence-electron chi connectivity index (χ1n) is 30.0. The van der Waals surface area contributed by atoms with E-state index in [1.54, 1.807) is 56.3 Å². The molecular formula is C64H97ClIN11O11. The SMILES string of the molecule is CC[C@H](C)[C@@H]1NC(=O)[C@H](CC(C)C)N(C)C(=O)C[C@@H](C)N(C)C(=O)[C@H](CC(C)C)NC(=O)C(C)(C)N(C)C(=O)[C@H](CC=C(C)C)NC(=O)[C@H](Cc2cccc(I)c2)NC(=O)CN(C)C(=O)[C@H](Cc2ccc(Cl)cc2)N(C)C(=O)CN(C)C(=O)CN(C)C1=O. The van der Waals surface area contributed by atoms with Crippen LogP contribution in [0.15, 0.2) is 60.2 Å². The average Bonchev–Trinajstić information content (AvgIpc) is 3.28. The predicted molar refractivity (Wildman–Crippen MR) is 348 cm³/mol. The molecule has 488 valence electrons. The molecule has 0 aliphatic carbocycles. The third kappa shape index (κ3) is 22.1. The summed E-state index contributed by atoms with van der Waals surface area (Å²) < 4.78 is 0.849. The van der Waals surface area contributed by atoms with Crippen LogP contribution >= 0.6 is 34.2 Å². The Balaban J connectivity index is 2.23. The number of halogens is 2. The molecule has 0 bridgehead atoms. The number of carbonyl (C=O) groups is 11. The summed E-state index contributed by atoms with van der Waals surface area (Å²) in [6, 6.07) is 6.04. The first kappa shape index (κ1) is 75.6. The molecule has 1 heterocycles. The quantitative estimate of drug-likeness (QED) is 0.168. The summed E-state index contributed by atoms with van der Waals surface area (Å²) in [5, 5.41) is 11.8. The van der Waals surface area contributed by atoms with Crippen LogP contribution in [0.4, 0.5) is 0 Å². The molecule has 1 saturated heterocycles. The number of nitrogens with zero attached hydrogens (tertiary/aromatic N) is 7. The lowest BCUT2D eigenvalue weighted by molar-refractivity contribution is -0.149. The zero-order valence-electron chi connectivity index (χ0n) is 54.9. The van der Waals surface area contributed by atoms with E-state index in [1.165, 1.54) is 82.8 Å². The molecule has 88 heavy (non-hydrogen) atoms. The first-order valence-corrected chi connectivity index (χ1v) is 31.5. The summed E-state index contributed by atoms with van der Waals surface area (Å²) in [7, 11) is 9.99. The minimum atomic E-state index is -1.64. The van der Waals surface area contributed by atoms with E-state index in [2.05, 4.69) is 43.9 Å². The molecule has 3 rings (SSSR count). The van der Waals surface area contributed by atoms with Crippen molar-refractivity contribution in [2.75, 3.05) is 69.0 Å². The number of carbonyl (C=O) groups excluding carboxylic acids is 11. The molecule has 1 aliphatic heterocycles. The third-order valence-corrected chi connectivity index (χ3v) is 17.2. The number of rotatable bonds is 12. The van der Waals surface area contributed by atoms with Gasteiger partial charge >= 0.3 is 0 Å². The summed E-state index contributed by atoms with van der Waals surface area (Å²) in [4.78, 5) is 167. The van der Waals surface area contributed by atoms with Crippen LogP contribution < -0.4 is 21.3 Å². The molecule has 2 aromatic rings. The van der Waals surface area contributed by atoms with E-state index in [1.807, 2.05) is 60.6 Å². The number of amides is 11. The highest BCUT2D eigenvalue weighted by Crippen LogP contribution is 2.22. The van der Waals surface area contributed by atoms with Crippen LogP contribution in [0.1, 0.15) is 119 Å². The highest BCUT2D eigenvalue weighted by Gasteiger charge is 2.42. The van der Waals surface area contributed by atoms with Crippen molar-refractivity contribution in [3.63, 3.8) is 0 Å². The van der Waals surface area contributed by atoms with Gasteiger partial charge in [-0.2, -0.15) is 0 Å².